The van der Waals surface area contributed by atoms with Gasteiger partial charge in [0, 0.05) is 12.2 Å². The van der Waals surface area contributed by atoms with Crippen molar-refractivity contribution in [3.8, 4) is 5.75 Å². The fourth-order valence-corrected chi connectivity index (χ4v) is 2.48. The first kappa shape index (κ1) is 12.9. The number of piperidine rings is 1. The Hall–Kier alpha value is -2.08. The first-order valence-corrected chi connectivity index (χ1v) is 6.80. The monoisotopic (exact) mass is 275 g/mol. The van der Waals surface area contributed by atoms with Gasteiger partial charge in [-0.15, -0.1) is 0 Å². The summed E-state index contributed by atoms with van der Waals surface area (Å²) in [6, 6.07) is 5.26. The standard InChI is InChI=1S/C14H17N3O3/c18-13-8-20-12-4-3-10(6-11(12)17-13)16-14(19)9-2-1-5-15-7-9/h3-4,6,9,15H,1-2,5,7-8H2,(H,16,19)(H,17,18)/t9-/m1/s1. The Morgan fingerprint density at radius 1 is 1.40 bits per heavy atom. The minimum Gasteiger partial charge on any atom is -0.482 e. The van der Waals surface area contributed by atoms with Gasteiger partial charge >= 0.3 is 0 Å². The fourth-order valence-electron chi connectivity index (χ4n) is 2.48. The van der Waals surface area contributed by atoms with E-state index < -0.39 is 0 Å². The smallest absolute Gasteiger partial charge is 0.262 e. The average molecular weight is 275 g/mol. The molecule has 6 nitrogen and oxygen atoms in total. The minimum absolute atomic E-state index is 0.00521. The second kappa shape index (κ2) is 5.50. The van der Waals surface area contributed by atoms with Crippen LogP contribution >= 0.6 is 0 Å². The lowest BCUT2D eigenvalue weighted by molar-refractivity contribution is -0.120. The molecule has 2 aliphatic heterocycles. The van der Waals surface area contributed by atoms with Crippen molar-refractivity contribution in [3.05, 3.63) is 18.2 Å². The predicted molar refractivity (Wildman–Crippen MR) is 74.8 cm³/mol. The van der Waals surface area contributed by atoms with E-state index in [1.165, 1.54) is 0 Å². The molecule has 3 rings (SSSR count). The quantitative estimate of drug-likeness (QED) is 0.751. The summed E-state index contributed by atoms with van der Waals surface area (Å²) in [7, 11) is 0. The Bertz CT molecular complexity index is 538. The Labute approximate surface area is 116 Å². The zero-order chi connectivity index (χ0) is 13.9. The van der Waals surface area contributed by atoms with Crippen LogP contribution in [0.5, 0.6) is 5.75 Å². The van der Waals surface area contributed by atoms with Gasteiger partial charge < -0.3 is 20.7 Å². The van der Waals surface area contributed by atoms with E-state index in [0.717, 1.165) is 25.9 Å². The zero-order valence-corrected chi connectivity index (χ0v) is 11.1. The van der Waals surface area contributed by atoms with Gasteiger partial charge in [-0.1, -0.05) is 0 Å². The number of carbonyl (C=O) groups excluding carboxylic acids is 2. The summed E-state index contributed by atoms with van der Waals surface area (Å²) >= 11 is 0. The van der Waals surface area contributed by atoms with Gasteiger partial charge in [0.05, 0.1) is 11.6 Å². The Balaban J connectivity index is 1.69. The lowest BCUT2D eigenvalue weighted by Crippen LogP contribution is -2.37. The van der Waals surface area contributed by atoms with E-state index in [9.17, 15) is 9.59 Å². The van der Waals surface area contributed by atoms with Gasteiger partial charge in [-0.2, -0.15) is 0 Å². The van der Waals surface area contributed by atoms with Crippen molar-refractivity contribution in [1.82, 2.24) is 5.32 Å². The maximum atomic E-state index is 12.1. The molecule has 1 aromatic rings. The first-order chi connectivity index (χ1) is 9.72. The number of rotatable bonds is 2. The number of hydrogen-bond acceptors (Lipinski definition) is 4. The molecule has 106 valence electrons. The van der Waals surface area contributed by atoms with Crippen LogP contribution in [0.4, 0.5) is 11.4 Å². The highest BCUT2D eigenvalue weighted by molar-refractivity contribution is 5.98. The molecule has 1 fully saturated rings. The van der Waals surface area contributed by atoms with Crippen molar-refractivity contribution in [2.75, 3.05) is 30.3 Å². The van der Waals surface area contributed by atoms with Crippen LogP contribution in [0.2, 0.25) is 0 Å². The van der Waals surface area contributed by atoms with E-state index in [1.54, 1.807) is 18.2 Å². The van der Waals surface area contributed by atoms with Crippen LogP contribution in [0.25, 0.3) is 0 Å². The lowest BCUT2D eigenvalue weighted by atomic mass is 9.99. The van der Waals surface area contributed by atoms with E-state index in [2.05, 4.69) is 16.0 Å². The third-order valence-corrected chi connectivity index (χ3v) is 3.55. The van der Waals surface area contributed by atoms with Gasteiger partial charge in [-0.3, -0.25) is 9.59 Å². The van der Waals surface area contributed by atoms with Gasteiger partial charge in [0.15, 0.2) is 6.61 Å². The zero-order valence-electron chi connectivity index (χ0n) is 11.1. The predicted octanol–water partition coefficient (Wildman–Crippen LogP) is 0.956. The van der Waals surface area contributed by atoms with Gasteiger partial charge in [-0.25, -0.2) is 0 Å². The number of anilines is 2. The molecule has 0 aromatic heterocycles. The molecular weight excluding hydrogens is 258 g/mol. The normalized spacial score (nSPS) is 21.4. The summed E-state index contributed by atoms with van der Waals surface area (Å²) in [5, 5.41) is 8.84. The molecule has 20 heavy (non-hydrogen) atoms. The third-order valence-electron chi connectivity index (χ3n) is 3.55. The number of hydrogen-bond donors (Lipinski definition) is 3. The van der Waals surface area contributed by atoms with Crippen molar-refractivity contribution in [2.24, 2.45) is 5.92 Å². The number of carbonyl (C=O) groups is 2. The molecule has 1 aromatic carbocycles. The molecular formula is C14H17N3O3. The molecule has 0 unspecified atom stereocenters. The minimum atomic E-state index is -0.183. The van der Waals surface area contributed by atoms with E-state index in [0.29, 0.717) is 17.1 Å². The van der Waals surface area contributed by atoms with Gasteiger partial charge in [0.1, 0.15) is 5.75 Å². The van der Waals surface area contributed by atoms with Crippen molar-refractivity contribution in [1.29, 1.82) is 0 Å². The molecule has 2 heterocycles. The average Bonchev–Trinajstić information content (AvgIpc) is 2.47. The fraction of sp³-hybridized carbons (Fsp3) is 0.429. The Morgan fingerprint density at radius 2 is 2.30 bits per heavy atom. The van der Waals surface area contributed by atoms with E-state index in [1.807, 2.05) is 0 Å². The van der Waals surface area contributed by atoms with Crippen molar-refractivity contribution in [2.45, 2.75) is 12.8 Å². The van der Waals surface area contributed by atoms with E-state index >= 15 is 0 Å². The molecule has 0 spiro atoms. The van der Waals surface area contributed by atoms with E-state index in [4.69, 9.17) is 4.74 Å². The third kappa shape index (κ3) is 2.75. The molecule has 0 radical (unpaired) electrons. The maximum absolute atomic E-state index is 12.1. The van der Waals surface area contributed by atoms with E-state index in [-0.39, 0.29) is 24.3 Å². The molecule has 1 atom stereocenters. The van der Waals surface area contributed by atoms with Crippen LogP contribution in [0, 0.1) is 5.92 Å². The molecule has 3 N–H and O–H groups in total. The van der Waals surface area contributed by atoms with Crippen LogP contribution in [-0.4, -0.2) is 31.5 Å². The summed E-state index contributed by atoms with van der Waals surface area (Å²) in [4.78, 5) is 23.4. The SMILES string of the molecule is O=C1COc2ccc(NC(=O)[C@@H]3CCCNC3)cc2N1. The highest BCUT2D eigenvalue weighted by atomic mass is 16.5. The molecule has 0 aliphatic carbocycles. The van der Waals surface area contributed by atoms with Crippen LogP contribution in [-0.2, 0) is 9.59 Å². The molecule has 2 aliphatic rings. The van der Waals surface area contributed by atoms with Crippen LogP contribution in [0.1, 0.15) is 12.8 Å². The number of nitrogens with one attached hydrogen (secondary N) is 3. The van der Waals surface area contributed by atoms with Gasteiger partial charge in [-0.05, 0) is 37.6 Å². The van der Waals surface area contributed by atoms with Crippen molar-refractivity contribution < 1.29 is 14.3 Å². The molecule has 1 saturated heterocycles. The maximum Gasteiger partial charge on any atom is 0.262 e. The highest BCUT2D eigenvalue weighted by Gasteiger charge is 2.22. The van der Waals surface area contributed by atoms with Crippen LogP contribution in [0.15, 0.2) is 18.2 Å². The molecule has 2 amide bonds. The lowest BCUT2D eigenvalue weighted by Gasteiger charge is -2.23. The summed E-state index contributed by atoms with van der Waals surface area (Å²) in [6.07, 6.45) is 1.93. The number of benzene rings is 1. The van der Waals surface area contributed by atoms with Gasteiger partial charge in [0.2, 0.25) is 5.91 Å². The number of ether oxygens (including phenoxy) is 1. The highest BCUT2D eigenvalue weighted by Crippen LogP contribution is 2.30. The first-order valence-electron chi connectivity index (χ1n) is 6.80. The van der Waals surface area contributed by atoms with Crippen LogP contribution in [0.3, 0.4) is 0 Å². The number of amides is 2. The second-order valence-electron chi connectivity index (χ2n) is 5.08. The van der Waals surface area contributed by atoms with Crippen LogP contribution < -0.4 is 20.7 Å². The summed E-state index contributed by atoms with van der Waals surface area (Å²) in [6.45, 7) is 1.73. The summed E-state index contributed by atoms with van der Waals surface area (Å²) in [5.74, 6) is 0.463. The molecule has 0 bridgehead atoms. The Kier molecular flexibility index (Phi) is 3.56. The Morgan fingerprint density at radius 3 is 3.10 bits per heavy atom. The summed E-state index contributed by atoms with van der Waals surface area (Å²) in [5.41, 5.74) is 1.27. The molecule has 0 saturated carbocycles. The summed E-state index contributed by atoms with van der Waals surface area (Å²) < 4.78 is 5.28. The number of fused-ring (bicyclic) bond motifs is 1. The van der Waals surface area contributed by atoms with Crippen molar-refractivity contribution in [3.63, 3.8) is 0 Å². The molecule has 6 heteroatoms. The van der Waals surface area contributed by atoms with Gasteiger partial charge in [0.25, 0.3) is 5.91 Å². The second-order valence-corrected chi connectivity index (χ2v) is 5.08. The largest absolute Gasteiger partial charge is 0.482 e. The van der Waals surface area contributed by atoms with Crippen molar-refractivity contribution >= 4 is 23.2 Å². The topological polar surface area (TPSA) is 79.5 Å².